The van der Waals surface area contributed by atoms with Crippen molar-refractivity contribution in [2.75, 3.05) is 13.1 Å². The van der Waals surface area contributed by atoms with Gasteiger partial charge < -0.3 is 10.6 Å². The molecule has 0 bridgehead atoms. The first-order chi connectivity index (χ1) is 10.8. The van der Waals surface area contributed by atoms with E-state index in [1.54, 1.807) is 0 Å². The number of nitrogens with zero attached hydrogens (tertiary/aromatic N) is 1. The number of hydrogen-bond acceptors (Lipinski definition) is 2. The van der Waals surface area contributed by atoms with Gasteiger partial charge in [0.05, 0.1) is 6.54 Å². The molecule has 2 N–H and O–H groups in total. The molecular weight excluding hydrogens is 290 g/mol. The van der Waals surface area contributed by atoms with Gasteiger partial charge in [-0.3, -0.25) is 0 Å². The van der Waals surface area contributed by atoms with Crippen molar-refractivity contribution < 1.29 is 0 Å². The van der Waals surface area contributed by atoms with Crippen LogP contribution in [-0.4, -0.2) is 19.0 Å². The Balaban J connectivity index is 1.56. The smallest absolute Gasteiger partial charge is 0.191 e. The van der Waals surface area contributed by atoms with E-state index in [1.807, 2.05) is 11.3 Å². The van der Waals surface area contributed by atoms with Gasteiger partial charge in [0, 0.05) is 28.8 Å². The van der Waals surface area contributed by atoms with E-state index in [0.29, 0.717) is 5.92 Å². The normalized spacial score (nSPS) is 16.8. The first-order valence-corrected chi connectivity index (χ1v) is 8.73. The fraction of sp³-hybridized carbons (Fsp3) is 0.389. The molecule has 1 atom stereocenters. The monoisotopic (exact) mass is 313 g/mol. The van der Waals surface area contributed by atoms with Crippen molar-refractivity contribution >= 4 is 17.3 Å². The average Bonchev–Trinajstić information content (AvgIpc) is 2.91. The van der Waals surface area contributed by atoms with E-state index in [4.69, 9.17) is 0 Å². The summed E-state index contributed by atoms with van der Waals surface area (Å²) < 4.78 is 0. The van der Waals surface area contributed by atoms with E-state index >= 15 is 0 Å². The Hall–Kier alpha value is -1.81. The Bertz CT molecular complexity index is 660. The maximum atomic E-state index is 4.69. The summed E-state index contributed by atoms with van der Waals surface area (Å²) in [6.45, 7) is 6.82. The van der Waals surface area contributed by atoms with Crippen LogP contribution < -0.4 is 10.6 Å². The lowest BCUT2D eigenvalue weighted by molar-refractivity contribution is 0.584. The van der Waals surface area contributed by atoms with Crippen LogP contribution in [0.15, 0.2) is 41.4 Å². The molecule has 1 aromatic carbocycles. The van der Waals surface area contributed by atoms with E-state index in [2.05, 4.69) is 65.9 Å². The van der Waals surface area contributed by atoms with Gasteiger partial charge >= 0.3 is 0 Å². The fourth-order valence-corrected chi connectivity index (χ4v) is 3.65. The zero-order valence-electron chi connectivity index (χ0n) is 13.2. The fourth-order valence-electron chi connectivity index (χ4n) is 2.83. The summed E-state index contributed by atoms with van der Waals surface area (Å²) in [5.74, 6) is 1.53. The van der Waals surface area contributed by atoms with Gasteiger partial charge in [0.1, 0.15) is 0 Å². The molecule has 0 fully saturated rings. The lowest BCUT2D eigenvalue weighted by Crippen LogP contribution is -2.41. The molecule has 3 nitrogen and oxygen atoms in total. The molecule has 1 aromatic heterocycles. The minimum absolute atomic E-state index is 0.615. The van der Waals surface area contributed by atoms with Crippen LogP contribution in [0, 0.1) is 6.92 Å². The second kappa shape index (κ2) is 6.97. The van der Waals surface area contributed by atoms with Crippen molar-refractivity contribution in [2.45, 2.75) is 32.7 Å². The van der Waals surface area contributed by atoms with Crippen molar-refractivity contribution in [3.63, 3.8) is 0 Å². The van der Waals surface area contributed by atoms with Gasteiger partial charge in [0.2, 0.25) is 0 Å². The minimum atomic E-state index is 0.615. The summed E-state index contributed by atoms with van der Waals surface area (Å²) in [4.78, 5) is 7.34. The molecule has 1 aliphatic rings. The van der Waals surface area contributed by atoms with Crippen LogP contribution in [0.25, 0.3) is 0 Å². The third kappa shape index (κ3) is 3.50. The summed E-state index contributed by atoms with van der Waals surface area (Å²) in [5, 5.41) is 6.81. The lowest BCUT2D eigenvalue weighted by atomic mass is 9.78. The van der Waals surface area contributed by atoms with Crippen molar-refractivity contribution in [3.8, 4) is 0 Å². The quantitative estimate of drug-likeness (QED) is 0.655. The van der Waals surface area contributed by atoms with Crippen LogP contribution >= 0.6 is 11.3 Å². The molecule has 0 saturated heterocycles. The Labute approximate surface area is 136 Å². The molecule has 0 saturated carbocycles. The molecule has 0 radical (unpaired) electrons. The van der Waals surface area contributed by atoms with Crippen LogP contribution in [-0.2, 0) is 13.0 Å². The molecule has 1 unspecified atom stereocenters. The molecule has 2 aromatic rings. The van der Waals surface area contributed by atoms with E-state index in [0.717, 1.165) is 25.6 Å². The van der Waals surface area contributed by atoms with Crippen LogP contribution in [0.5, 0.6) is 0 Å². The van der Waals surface area contributed by atoms with Crippen LogP contribution in [0.4, 0.5) is 0 Å². The maximum Gasteiger partial charge on any atom is 0.191 e. The Kier molecular flexibility index (Phi) is 4.78. The van der Waals surface area contributed by atoms with Crippen LogP contribution in [0.3, 0.4) is 0 Å². The lowest BCUT2D eigenvalue weighted by Gasteiger charge is -2.30. The molecule has 4 heteroatoms. The third-order valence-electron chi connectivity index (χ3n) is 4.01. The zero-order chi connectivity index (χ0) is 15.4. The van der Waals surface area contributed by atoms with Gasteiger partial charge in [-0.05, 0) is 43.5 Å². The number of fused-ring (bicyclic) bond motifs is 1. The van der Waals surface area contributed by atoms with Crippen LogP contribution in [0.2, 0.25) is 0 Å². The Morgan fingerprint density at radius 2 is 2.09 bits per heavy atom. The number of hydrogen-bond donors (Lipinski definition) is 2. The van der Waals surface area contributed by atoms with Gasteiger partial charge in [0.25, 0.3) is 0 Å². The van der Waals surface area contributed by atoms with Crippen molar-refractivity contribution in [1.29, 1.82) is 0 Å². The van der Waals surface area contributed by atoms with Crippen molar-refractivity contribution in [2.24, 2.45) is 4.99 Å². The number of nitrogens with one attached hydrogen (secondary N) is 2. The van der Waals surface area contributed by atoms with Crippen molar-refractivity contribution in [1.82, 2.24) is 10.6 Å². The van der Waals surface area contributed by atoms with Crippen LogP contribution in [0.1, 0.15) is 33.7 Å². The highest BCUT2D eigenvalue weighted by Crippen LogP contribution is 2.33. The molecule has 0 amide bonds. The van der Waals surface area contributed by atoms with E-state index in [1.165, 1.54) is 27.3 Å². The second-order valence-electron chi connectivity index (χ2n) is 5.69. The highest BCUT2D eigenvalue weighted by Gasteiger charge is 2.25. The molecule has 1 heterocycles. The highest BCUT2D eigenvalue weighted by molar-refractivity contribution is 7.11. The summed E-state index contributed by atoms with van der Waals surface area (Å²) >= 11 is 1.82. The van der Waals surface area contributed by atoms with Crippen molar-refractivity contribution in [3.05, 3.63) is 57.3 Å². The van der Waals surface area contributed by atoms with Gasteiger partial charge in [-0.1, -0.05) is 24.3 Å². The molecule has 22 heavy (non-hydrogen) atoms. The van der Waals surface area contributed by atoms with E-state index in [9.17, 15) is 0 Å². The SMILES string of the molecule is CCNC(=NCc1ccc(C)s1)NCC1Cc2ccccc21. The summed E-state index contributed by atoms with van der Waals surface area (Å²) in [6, 6.07) is 13.0. The predicted molar refractivity (Wildman–Crippen MR) is 94.8 cm³/mol. The number of guanidine groups is 1. The molecular formula is C18H23N3S. The molecule has 116 valence electrons. The summed E-state index contributed by atoms with van der Waals surface area (Å²) in [7, 11) is 0. The van der Waals surface area contributed by atoms with Gasteiger partial charge in [-0.15, -0.1) is 11.3 Å². The van der Waals surface area contributed by atoms with E-state index in [-0.39, 0.29) is 0 Å². The number of aliphatic imine (C=N–C) groups is 1. The number of thiophene rings is 1. The Morgan fingerprint density at radius 3 is 2.82 bits per heavy atom. The second-order valence-corrected chi connectivity index (χ2v) is 7.06. The number of aryl methyl sites for hydroxylation is 1. The number of benzene rings is 1. The molecule has 1 aliphatic carbocycles. The summed E-state index contributed by atoms with van der Waals surface area (Å²) in [6.07, 6.45) is 1.17. The predicted octanol–water partition coefficient (Wildman–Crippen LogP) is 3.45. The average molecular weight is 313 g/mol. The topological polar surface area (TPSA) is 36.4 Å². The first-order valence-electron chi connectivity index (χ1n) is 7.91. The molecule has 3 rings (SSSR count). The van der Waals surface area contributed by atoms with Gasteiger partial charge in [-0.2, -0.15) is 0 Å². The third-order valence-corrected chi connectivity index (χ3v) is 5.00. The van der Waals surface area contributed by atoms with Gasteiger partial charge in [0.15, 0.2) is 5.96 Å². The Morgan fingerprint density at radius 1 is 1.23 bits per heavy atom. The highest BCUT2D eigenvalue weighted by atomic mass is 32.1. The number of rotatable bonds is 5. The van der Waals surface area contributed by atoms with E-state index < -0.39 is 0 Å². The van der Waals surface area contributed by atoms with Gasteiger partial charge in [-0.25, -0.2) is 4.99 Å². The largest absolute Gasteiger partial charge is 0.357 e. The standard InChI is InChI=1S/C18H23N3S/c1-3-19-18(21-12-16-9-8-13(2)22-16)20-11-15-10-14-6-4-5-7-17(14)15/h4-9,15H,3,10-12H2,1-2H3,(H2,19,20,21). The zero-order valence-corrected chi connectivity index (χ0v) is 14.0. The minimum Gasteiger partial charge on any atom is -0.357 e. The first kappa shape index (κ1) is 15.1. The molecule has 0 spiro atoms. The molecule has 0 aliphatic heterocycles. The summed E-state index contributed by atoms with van der Waals surface area (Å²) in [5.41, 5.74) is 2.98. The maximum absolute atomic E-state index is 4.69.